The van der Waals surface area contributed by atoms with Gasteiger partial charge in [-0.2, -0.15) is 0 Å². The predicted molar refractivity (Wildman–Crippen MR) is 103 cm³/mol. The lowest BCUT2D eigenvalue weighted by atomic mass is 10.1. The van der Waals surface area contributed by atoms with Crippen LogP contribution in [0, 0.1) is 0 Å². The Hall–Kier alpha value is -2.60. The summed E-state index contributed by atoms with van der Waals surface area (Å²) < 4.78 is 5.15. The SMILES string of the molecule is COc1ccc(CCNC(=O)c2cccc(N3CCN(C)CC3)n2)cc1. The summed E-state index contributed by atoms with van der Waals surface area (Å²) in [5.41, 5.74) is 1.63. The molecule has 0 bridgehead atoms. The number of pyridine rings is 1. The summed E-state index contributed by atoms with van der Waals surface area (Å²) in [6.45, 7) is 4.48. The molecule has 0 saturated carbocycles. The topological polar surface area (TPSA) is 57.7 Å². The van der Waals surface area contributed by atoms with Crippen LogP contribution in [0.2, 0.25) is 0 Å². The number of benzene rings is 1. The third kappa shape index (κ3) is 4.73. The molecule has 1 aromatic heterocycles. The molecule has 1 aliphatic rings. The van der Waals surface area contributed by atoms with Crippen LogP contribution >= 0.6 is 0 Å². The fourth-order valence-corrected chi connectivity index (χ4v) is 2.96. The van der Waals surface area contributed by atoms with Gasteiger partial charge in [0.25, 0.3) is 5.91 Å². The van der Waals surface area contributed by atoms with Crippen molar-refractivity contribution < 1.29 is 9.53 Å². The average Bonchev–Trinajstić information content (AvgIpc) is 2.69. The molecule has 0 radical (unpaired) electrons. The molecule has 3 rings (SSSR count). The monoisotopic (exact) mass is 354 g/mol. The number of carbonyl (C=O) groups excluding carboxylic acids is 1. The first-order valence-electron chi connectivity index (χ1n) is 8.97. The number of likely N-dealkylation sites (N-methyl/N-ethyl adjacent to an activating group) is 1. The number of nitrogens with one attached hydrogen (secondary N) is 1. The molecule has 1 fully saturated rings. The Morgan fingerprint density at radius 1 is 1.12 bits per heavy atom. The highest BCUT2D eigenvalue weighted by Gasteiger charge is 2.16. The number of hydrogen-bond acceptors (Lipinski definition) is 5. The van der Waals surface area contributed by atoms with Crippen molar-refractivity contribution in [3.8, 4) is 5.75 Å². The Morgan fingerprint density at radius 3 is 2.54 bits per heavy atom. The standard InChI is InChI=1S/C20H26N4O2/c1-23-12-14-24(15-13-23)19-5-3-4-18(22-19)20(25)21-11-10-16-6-8-17(26-2)9-7-16/h3-9H,10-15H2,1-2H3,(H,21,25). The van der Waals surface area contributed by atoms with Crippen LogP contribution in [0.1, 0.15) is 16.1 Å². The molecule has 138 valence electrons. The number of amides is 1. The number of methoxy groups -OCH3 is 1. The quantitative estimate of drug-likeness (QED) is 0.857. The summed E-state index contributed by atoms with van der Waals surface area (Å²) in [7, 11) is 3.77. The molecular formula is C20H26N4O2. The Bertz CT molecular complexity index is 725. The summed E-state index contributed by atoms with van der Waals surface area (Å²) in [5.74, 6) is 1.58. The van der Waals surface area contributed by atoms with Gasteiger partial charge in [0.1, 0.15) is 17.3 Å². The Labute approximate surface area is 154 Å². The summed E-state index contributed by atoms with van der Waals surface area (Å²) in [6.07, 6.45) is 0.772. The van der Waals surface area contributed by atoms with E-state index in [4.69, 9.17) is 4.74 Å². The van der Waals surface area contributed by atoms with E-state index in [9.17, 15) is 4.79 Å². The first-order chi connectivity index (χ1) is 12.7. The minimum Gasteiger partial charge on any atom is -0.497 e. The molecule has 6 nitrogen and oxygen atoms in total. The lowest BCUT2D eigenvalue weighted by Gasteiger charge is -2.33. The number of aromatic nitrogens is 1. The van der Waals surface area contributed by atoms with Gasteiger partial charge in [-0.1, -0.05) is 18.2 Å². The zero-order chi connectivity index (χ0) is 18.4. The van der Waals surface area contributed by atoms with Crippen LogP contribution < -0.4 is 15.0 Å². The van der Waals surface area contributed by atoms with Gasteiger partial charge in [0, 0.05) is 32.7 Å². The van der Waals surface area contributed by atoms with Crippen LogP contribution in [0.25, 0.3) is 0 Å². The molecular weight excluding hydrogens is 328 g/mol. The molecule has 1 aromatic carbocycles. The van der Waals surface area contributed by atoms with Crippen molar-refractivity contribution in [2.75, 3.05) is 51.8 Å². The van der Waals surface area contributed by atoms with Crippen molar-refractivity contribution in [2.45, 2.75) is 6.42 Å². The number of carbonyl (C=O) groups is 1. The number of ether oxygens (including phenoxy) is 1. The van der Waals surface area contributed by atoms with E-state index in [-0.39, 0.29) is 5.91 Å². The molecule has 2 heterocycles. The number of hydrogen-bond donors (Lipinski definition) is 1. The lowest BCUT2D eigenvalue weighted by molar-refractivity contribution is 0.0949. The lowest BCUT2D eigenvalue weighted by Crippen LogP contribution is -2.45. The van der Waals surface area contributed by atoms with E-state index in [1.54, 1.807) is 13.2 Å². The van der Waals surface area contributed by atoms with E-state index in [0.717, 1.165) is 49.7 Å². The van der Waals surface area contributed by atoms with E-state index in [0.29, 0.717) is 12.2 Å². The molecule has 2 aromatic rings. The second kappa shape index (κ2) is 8.67. The van der Waals surface area contributed by atoms with Crippen LogP contribution in [-0.2, 0) is 6.42 Å². The highest BCUT2D eigenvalue weighted by atomic mass is 16.5. The third-order valence-electron chi connectivity index (χ3n) is 4.65. The Kier molecular flexibility index (Phi) is 6.07. The first-order valence-corrected chi connectivity index (χ1v) is 8.97. The fraction of sp³-hybridized carbons (Fsp3) is 0.400. The normalized spacial score (nSPS) is 14.9. The van der Waals surface area contributed by atoms with Gasteiger partial charge in [0.05, 0.1) is 7.11 Å². The largest absolute Gasteiger partial charge is 0.497 e. The Balaban J connectivity index is 1.53. The van der Waals surface area contributed by atoms with Crippen LogP contribution in [0.3, 0.4) is 0 Å². The summed E-state index contributed by atoms with van der Waals surface area (Å²) >= 11 is 0. The summed E-state index contributed by atoms with van der Waals surface area (Å²) in [4.78, 5) is 21.5. The molecule has 0 spiro atoms. The summed E-state index contributed by atoms with van der Waals surface area (Å²) in [5, 5.41) is 2.95. The van der Waals surface area contributed by atoms with Crippen molar-refractivity contribution in [1.29, 1.82) is 0 Å². The maximum absolute atomic E-state index is 12.4. The number of rotatable bonds is 6. The average molecular weight is 354 g/mol. The van der Waals surface area contributed by atoms with Gasteiger partial charge in [0.15, 0.2) is 0 Å². The number of nitrogens with zero attached hydrogens (tertiary/aromatic N) is 3. The predicted octanol–water partition coefficient (Wildman–Crippen LogP) is 1.81. The fourth-order valence-electron chi connectivity index (χ4n) is 2.96. The van der Waals surface area contributed by atoms with Crippen LogP contribution in [0.4, 0.5) is 5.82 Å². The maximum Gasteiger partial charge on any atom is 0.269 e. The van der Waals surface area contributed by atoms with Crippen molar-refractivity contribution in [3.63, 3.8) is 0 Å². The van der Waals surface area contributed by atoms with E-state index in [1.165, 1.54) is 0 Å². The van der Waals surface area contributed by atoms with E-state index >= 15 is 0 Å². The van der Waals surface area contributed by atoms with Crippen molar-refractivity contribution >= 4 is 11.7 Å². The first kappa shape index (κ1) is 18.2. The van der Waals surface area contributed by atoms with Gasteiger partial charge in [-0.25, -0.2) is 4.98 Å². The van der Waals surface area contributed by atoms with Gasteiger partial charge in [0.2, 0.25) is 0 Å². The van der Waals surface area contributed by atoms with E-state index < -0.39 is 0 Å². The van der Waals surface area contributed by atoms with E-state index in [1.807, 2.05) is 36.4 Å². The van der Waals surface area contributed by atoms with Crippen molar-refractivity contribution in [1.82, 2.24) is 15.2 Å². The van der Waals surface area contributed by atoms with Crippen molar-refractivity contribution in [2.24, 2.45) is 0 Å². The molecule has 1 aliphatic heterocycles. The van der Waals surface area contributed by atoms with Gasteiger partial charge in [-0.15, -0.1) is 0 Å². The van der Waals surface area contributed by atoms with Gasteiger partial charge in [-0.3, -0.25) is 4.79 Å². The number of anilines is 1. The molecule has 6 heteroatoms. The molecule has 1 amide bonds. The number of piperazine rings is 1. The highest BCUT2D eigenvalue weighted by Crippen LogP contribution is 2.14. The minimum absolute atomic E-state index is 0.130. The third-order valence-corrected chi connectivity index (χ3v) is 4.65. The zero-order valence-electron chi connectivity index (χ0n) is 15.4. The molecule has 1 saturated heterocycles. The van der Waals surface area contributed by atoms with Gasteiger partial charge < -0.3 is 19.9 Å². The van der Waals surface area contributed by atoms with Crippen molar-refractivity contribution in [3.05, 3.63) is 53.7 Å². The van der Waals surface area contributed by atoms with Gasteiger partial charge >= 0.3 is 0 Å². The molecule has 26 heavy (non-hydrogen) atoms. The summed E-state index contributed by atoms with van der Waals surface area (Å²) in [6, 6.07) is 13.5. The van der Waals surface area contributed by atoms with Crippen LogP contribution in [0.15, 0.2) is 42.5 Å². The maximum atomic E-state index is 12.4. The second-order valence-electron chi connectivity index (χ2n) is 6.53. The molecule has 0 aliphatic carbocycles. The van der Waals surface area contributed by atoms with E-state index in [2.05, 4.69) is 27.1 Å². The van der Waals surface area contributed by atoms with Crippen LogP contribution in [-0.4, -0.2) is 62.7 Å². The molecule has 0 atom stereocenters. The molecule has 0 unspecified atom stereocenters. The minimum atomic E-state index is -0.130. The van der Waals surface area contributed by atoms with Gasteiger partial charge in [-0.05, 0) is 43.3 Å². The molecule has 1 N–H and O–H groups in total. The highest BCUT2D eigenvalue weighted by molar-refractivity contribution is 5.92. The Morgan fingerprint density at radius 2 is 1.85 bits per heavy atom. The zero-order valence-corrected chi connectivity index (χ0v) is 15.4. The van der Waals surface area contributed by atoms with Crippen LogP contribution in [0.5, 0.6) is 5.75 Å². The second-order valence-corrected chi connectivity index (χ2v) is 6.53. The smallest absolute Gasteiger partial charge is 0.269 e.